The molecule has 2 atom stereocenters. The Labute approximate surface area is 83.3 Å². The van der Waals surface area contributed by atoms with E-state index in [9.17, 15) is 4.79 Å². The van der Waals surface area contributed by atoms with E-state index >= 15 is 0 Å². The molecular formula is C9H15N3O2. The molecule has 0 radical (unpaired) electrons. The Balaban J connectivity index is 2.71. The van der Waals surface area contributed by atoms with E-state index < -0.39 is 12.0 Å². The molecule has 1 aliphatic heterocycles. The van der Waals surface area contributed by atoms with Crippen LogP contribution in [0.1, 0.15) is 13.3 Å². The first kappa shape index (κ1) is 11.0. The predicted octanol–water partition coefficient (Wildman–Crippen LogP) is -0.353. The molecule has 0 aromatic rings. The van der Waals surface area contributed by atoms with Crippen molar-refractivity contribution in [2.75, 3.05) is 19.6 Å². The van der Waals surface area contributed by atoms with Gasteiger partial charge in [-0.05, 0) is 6.42 Å². The molecule has 0 aliphatic carbocycles. The molecule has 0 spiro atoms. The van der Waals surface area contributed by atoms with Gasteiger partial charge in [0.15, 0.2) is 0 Å². The van der Waals surface area contributed by atoms with E-state index in [2.05, 4.69) is 11.4 Å². The molecule has 0 bridgehead atoms. The lowest BCUT2D eigenvalue weighted by atomic mass is 10.1. The number of carbonyl (C=O) groups is 1. The molecule has 1 heterocycles. The maximum atomic E-state index is 10.9. The summed E-state index contributed by atoms with van der Waals surface area (Å²) < 4.78 is 0. The van der Waals surface area contributed by atoms with Gasteiger partial charge in [-0.15, -0.1) is 0 Å². The van der Waals surface area contributed by atoms with Crippen molar-refractivity contribution < 1.29 is 9.90 Å². The molecule has 0 aromatic carbocycles. The Morgan fingerprint density at radius 1 is 1.86 bits per heavy atom. The van der Waals surface area contributed by atoms with E-state index in [0.29, 0.717) is 19.5 Å². The summed E-state index contributed by atoms with van der Waals surface area (Å²) in [6.07, 6.45) is 0.535. The lowest BCUT2D eigenvalue weighted by Crippen LogP contribution is -2.56. The lowest BCUT2D eigenvalue weighted by molar-refractivity contribution is -0.144. The first-order valence-corrected chi connectivity index (χ1v) is 4.79. The van der Waals surface area contributed by atoms with Crippen LogP contribution >= 0.6 is 0 Å². The highest BCUT2D eigenvalue weighted by molar-refractivity contribution is 5.73. The van der Waals surface area contributed by atoms with Gasteiger partial charge < -0.3 is 10.4 Å². The smallest absolute Gasteiger partial charge is 0.320 e. The Hall–Kier alpha value is -1.12. The first-order chi connectivity index (χ1) is 6.70. The second kappa shape index (κ2) is 4.94. The summed E-state index contributed by atoms with van der Waals surface area (Å²) in [4.78, 5) is 12.7. The number of nitrogens with one attached hydrogen (secondary N) is 1. The quantitative estimate of drug-likeness (QED) is 0.646. The van der Waals surface area contributed by atoms with Crippen molar-refractivity contribution in [3.63, 3.8) is 0 Å². The van der Waals surface area contributed by atoms with E-state index in [0.717, 1.165) is 6.54 Å². The van der Waals surface area contributed by atoms with Crippen LogP contribution in [0.2, 0.25) is 0 Å². The van der Waals surface area contributed by atoms with Crippen LogP contribution in [-0.2, 0) is 4.79 Å². The normalized spacial score (nSPS) is 25.3. The Morgan fingerprint density at radius 3 is 3.07 bits per heavy atom. The van der Waals surface area contributed by atoms with Gasteiger partial charge in [0.2, 0.25) is 0 Å². The number of carboxylic acid groups (broad SMARTS) is 1. The first-order valence-electron chi connectivity index (χ1n) is 4.79. The van der Waals surface area contributed by atoms with Gasteiger partial charge in [-0.25, -0.2) is 0 Å². The maximum absolute atomic E-state index is 10.9. The Kier molecular flexibility index (Phi) is 3.86. The highest BCUT2D eigenvalue weighted by atomic mass is 16.4. The highest BCUT2D eigenvalue weighted by Gasteiger charge is 2.31. The lowest BCUT2D eigenvalue weighted by Gasteiger charge is -2.35. The minimum Gasteiger partial charge on any atom is -0.480 e. The summed E-state index contributed by atoms with van der Waals surface area (Å²) in [5.41, 5.74) is 0. The van der Waals surface area contributed by atoms with E-state index in [-0.39, 0.29) is 6.04 Å². The predicted molar refractivity (Wildman–Crippen MR) is 50.7 cm³/mol. The summed E-state index contributed by atoms with van der Waals surface area (Å²) in [5, 5.41) is 20.9. The molecule has 1 fully saturated rings. The zero-order chi connectivity index (χ0) is 10.6. The third-order valence-corrected chi connectivity index (χ3v) is 2.51. The van der Waals surface area contributed by atoms with Crippen LogP contribution in [0.15, 0.2) is 0 Å². The number of nitrogens with zero attached hydrogens (tertiary/aromatic N) is 2. The van der Waals surface area contributed by atoms with Crippen LogP contribution in [0.4, 0.5) is 0 Å². The fourth-order valence-corrected chi connectivity index (χ4v) is 1.76. The topological polar surface area (TPSA) is 76.4 Å². The molecule has 2 unspecified atom stereocenters. The number of aliphatic carboxylic acids is 1. The molecule has 0 aromatic heterocycles. The summed E-state index contributed by atoms with van der Waals surface area (Å²) in [6, 6.07) is 1.28. The maximum Gasteiger partial charge on any atom is 0.320 e. The van der Waals surface area contributed by atoms with Gasteiger partial charge in [-0.3, -0.25) is 9.69 Å². The van der Waals surface area contributed by atoms with E-state index in [4.69, 9.17) is 10.4 Å². The molecule has 1 rings (SSSR count). The van der Waals surface area contributed by atoms with Crippen LogP contribution < -0.4 is 5.32 Å². The molecule has 78 valence electrons. The van der Waals surface area contributed by atoms with Crippen LogP contribution in [0.3, 0.4) is 0 Å². The van der Waals surface area contributed by atoms with Crippen molar-refractivity contribution in [1.82, 2.24) is 10.2 Å². The summed E-state index contributed by atoms with van der Waals surface area (Å²) in [6.45, 7) is 3.76. The van der Waals surface area contributed by atoms with E-state index in [1.54, 1.807) is 4.90 Å². The van der Waals surface area contributed by atoms with Crippen molar-refractivity contribution in [2.24, 2.45) is 0 Å². The highest BCUT2D eigenvalue weighted by Crippen LogP contribution is 2.11. The van der Waals surface area contributed by atoms with Crippen molar-refractivity contribution in [3.8, 4) is 6.07 Å². The standard InChI is InChI=1S/C9H15N3O2/c1-2-8(9(13)14)12-4-3-11-6-7(12)5-10/h7-8,11H,2-4,6H2,1H3,(H,13,14). The molecule has 1 saturated heterocycles. The molecule has 1 aliphatic rings. The molecular weight excluding hydrogens is 182 g/mol. The fraction of sp³-hybridized carbons (Fsp3) is 0.778. The zero-order valence-electron chi connectivity index (χ0n) is 8.23. The van der Waals surface area contributed by atoms with Crippen molar-refractivity contribution >= 4 is 5.97 Å². The summed E-state index contributed by atoms with van der Waals surface area (Å²) in [7, 11) is 0. The monoisotopic (exact) mass is 197 g/mol. The Morgan fingerprint density at radius 2 is 2.57 bits per heavy atom. The minimum absolute atomic E-state index is 0.315. The number of hydrogen-bond acceptors (Lipinski definition) is 4. The van der Waals surface area contributed by atoms with Crippen LogP contribution in [0.25, 0.3) is 0 Å². The van der Waals surface area contributed by atoms with E-state index in [1.807, 2.05) is 6.92 Å². The van der Waals surface area contributed by atoms with Crippen molar-refractivity contribution in [2.45, 2.75) is 25.4 Å². The van der Waals surface area contributed by atoms with E-state index in [1.165, 1.54) is 0 Å². The third-order valence-electron chi connectivity index (χ3n) is 2.51. The molecule has 5 heteroatoms. The number of rotatable bonds is 3. The third kappa shape index (κ3) is 2.22. The van der Waals surface area contributed by atoms with Gasteiger partial charge in [0.05, 0.1) is 6.07 Å². The van der Waals surface area contributed by atoms with Crippen LogP contribution in [0, 0.1) is 11.3 Å². The van der Waals surface area contributed by atoms with Gasteiger partial charge in [0.25, 0.3) is 0 Å². The van der Waals surface area contributed by atoms with Crippen molar-refractivity contribution in [1.29, 1.82) is 5.26 Å². The van der Waals surface area contributed by atoms with Crippen LogP contribution in [-0.4, -0.2) is 47.7 Å². The van der Waals surface area contributed by atoms with Crippen LogP contribution in [0.5, 0.6) is 0 Å². The second-order valence-electron chi connectivity index (χ2n) is 3.35. The van der Waals surface area contributed by atoms with Gasteiger partial charge >= 0.3 is 5.97 Å². The van der Waals surface area contributed by atoms with Gasteiger partial charge in [-0.2, -0.15) is 5.26 Å². The SMILES string of the molecule is CCC(C(=O)O)N1CCNCC1C#N. The second-order valence-corrected chi connectivity index (χ2v) is 3.35. The summed E-state index contributed by atoms with van der Waals surface area (Å²) >= 11 is 0. The molecule has 14 heavy (non-hydrogen) atoms. The van der Waals surface area contributed by atoms with Crippen molar-refractivity contribution in [3.05, 3.63) is 0 Å². The molecule has 0 amide bonds. The minimum atomic E-state index is -0.838. The number of nitriles is 1. The number of carboxylic acids is 1. The molecule has 5 nitrogen and oxygen atoms in total. The number of piperazine rings is 1. The molecule has 0 saturated carbocycles. The summed E-state index contributed by atoms with van der Waals surface area (Å²) in [5.74, 6) is -0.838. The number of hydrogen-bond donors (Lipinski definition) is 2. The average Bonchev–Trinajstić information content (AvgIpc) is 2.19. The van der Waals surface area contributed by atoms with Gasteiger partial charge in [-0.1, -0.05) is 6.92 Å². The van der Waals surface area contributed by atoms with Gasteiger partial charge in [0, 0.05) is 19.6 Å². The largest absolute Gasteiger partial charge is 0.480 e. The average molecular weight is 197 g/mol. The Bertz CT molecular complexity index is 249. The molecule has 2 N–H and O–H groups in total. The van der Waals surface area contributed by atoms with Gasteiger partial charge in [0.1, 0.15) is 12.1 Å². The fourth-order valence-electron chi connectivity index (χ4n) is 1.76. The zero-order valence-corrected chi connectivity index (χ0v) is 8.23.